The van der Waals surface area contributed by atoms with E-state index < -0.39 is 17.3 Å². The van der Waals surface area contributed by atoms with Crippen molar-refractivity contribution in [1.29, 1.82) is 0 Å². The lowest BCUT2D eigenvalue weighted by Gasteiger charge is -2.30. The lowest BCUT2D eigenvalue weighted by molar-refractivity contribution is -0.137. The number of imidazole rings is 1. The van der Waals surface area contributed by atoms with Crippen molar-refractivity contribution in [2.75, 3.05) is 0 Å². The molecule has 0 amide bonds. The van der Waals surface area contributed by atoms with E-state index in [1.165, 1.54) is 22.8 Å². The van der Waals surface area contributed by atoms with Crippen LogP contribution in [0, 0.1) is 0 Å². The number of alkyl halides is 3. The number of rotatable bonds is 4. The summed E-state index contributed by atoms with van der Waals surface area (Å²) in [6, 6.07) is 18.0. The van der Waals surface area contributed by atoms with E-state index in [-0.39, 0.29) is 11.1 Å². The SMILES string of the molecule is Cn1cncc1C(O)(c1ccc(Cl)cc1)c1ccc2c(c1)c(-c1cccc(C(F)(F)F)c1)cc(=O)n2C. The van der Waals surface area contributed by atoms with Gasteiger partial charge in [-0.25, -0.2) is 4.98 Å². The normalized spacial score (nSPS) is 13.6. The summed E-state index contributed by atoms with van der Waals surface area (Å²) in [5.41, 5.74) is -0.353. The van der Waals surface area contributed by atoms with Gasteiger partial charge in [-0.15, -0.1) is 0 Å². The van der Waals surface area contributed by atoms with E-state index >= 15 is 0 Å². The van der Waals surface area contributed by atoms with Gasteiger partial charge in [-0.3, -0.25) is 4.79 Å². The molecule has 37 heavy (non-hydrogen) atoms. The highest BCUT2D eigenvalue weighted by Gasteiger charge is 2.37. The van der Waals surface area contributed by atoms with Gasteiger partial charge in [0.05, 0.1) is 29.3 Å². The summed E-state index contributed by atoms with van der Waals surface area (Å²) in [4.78, 5) is 16.9. The molecule has 2 heterocycles. The lowest BCUT2D eigenvalue weighted by atomic mass is 9.82. The molecule has 0 fully saturated rings. The van der Waals surface area contributed by atoms with E-state index in [1.54, 1.807) is 73.7 Å². The number of hydrogen-bond donors (Lipinski definition) is 1. The van der Waals surface area contributed by atoms with Crippen LogP contribution in [0.2, 0.25) is 5.02 Å². The topological polar surface area (TPSA) is 60.0 Å². The standard InChI is InChI=1S/C28H21ClF3N3O2/c1-34-16-33-15-25(34)27(37,18-6-9-21(29)10-7-18)19-8-11-24-23(13-19)22(14-26(36)35(24)2)17-4-3-5-20(12-17)28(30,31)32/h3-16,37H,1-2H3. The molecule has 9 heteroatoms. The highest BCUT2D eigenvalue weighted by atomic mass is 35.5. The summed E-state index contributed by atoms with van der Waals surface area (Å²) in [6.07, 6.45) is -1.42. The second kappa shape index (κ2) is 8.90. The second-order valence-electron chi connectivity index (χ2n) is 8.87. The summed E-state index contributed by atoms with van der Waals surface area (Å²) in [5, 5.41) is 13.3. The first-order chi connectivity index (χ1) is 17.5. The molecule has 1 unspecified atom stereocenters. The van der Waals surface area contributed by atoms with E-state index in [4.69, 9.17) is 11.6 Å². The number of aliphatic hydroxyl groups is 1. The summed E-state index contributed by atoms with van der Waals surface area (Å²) in [5.74, 6) is 0. The van der Waals surface area contributed by atoms with E-state index in [9.17, 15) is 23.1 Å². The van der Waals surface area contributed by atoms with Crippen LogP contribution in [0.4, 0.5) is 13.2 Å². The Balaban J connectivity index is 1.82. The predicted octanol–water partition coefficient (Wildman–Crippen LogP) is 5.90. The van der Waals surface area contributed by atoms with Crippen molar-refractivity contribution in [2.24, 2.45) is 14.1 Å². The van der Waals surface area contributed by atoms with Gasteiger partial charge >= 0.3 is 6.18 Å². The number of aromatic nitrogens is 3. The first-order valence-corrected chi connectivity index (χ1v) is 11.6. The van der Waals surface area contributed by atoms with Gasteiger partial charge in [-0.05, 0) is 58.7 Å². The maximum atomic E-state index is 13.5. The Morgan fingerprint density at radius 3 is 2.24 bits per heavy atom. The van der Waals surface area contributed by atoms with Crippen molar-refractivity contribution >= 4 is 22.5 Å². The van der Waals surface area contributed by atoms with Gasteiger partial charge in [0, 0.05) is 30.6 Å². The Morgan fingerprint density at radius 1 is 0.892 bits per heavy atom. The van der Waals surface area contributed by atoms with Crippen LogP contribution >= 0.6 is 11.6 Å². The quantitative estimate of drug-likeness (QED) is 0.319. The van der Waals surface area contributed by atoms with Crippen molar-refractivity contribution in [1.82, 2.24) is 14.1 Å². The van der Waals surface area contributed by atoms with Gasteiger partial charge in [-0.2, -0.15) is 13.2 Å². The van der Waals surface area contributed by atoms with Crippen LogP contribution in [0.1, 0.15) is 22.4 Å². The molecule has 5 aromatic rings. The third-order valence-corrected chi connectivity index (χ3v) is 6.87. The fourth-order valence-electron chi connectivity index (χ4n) is 4.65. The van der Waals surface area contributed by atoms with Crippen LogP contribution in [0.25, 0.3) is 22.0 Å². The zero-order valence-corrected chi connectivity index (χ0v) is 20.5. The van der Waals surface area contributed by atoms with Crippen LogP contribution in [-0.2, 0) is 25.9 Å². The second-order valence-corrected chi connectivity index (χ2v) is 9.31. The molecular formula is C28H21ClF3N3O2. The van der Waals surface area contributed by atoms with Gasteiger partial charge in [-0.1, -0.05) is 41.9 Å². The Labute approximate surface area is 215 Å². The Kier molecular flexibility index (Phi) is 5.96. The van der Waals surface area contributed by atoms with Crippen molar-refractivity contribution in [2.45, 2.75) is 11.8 Å². The highest BCUT2D eigenvalue weighted by molar-refractivity contribution is 6.30. The molecule has 1 atom stereocenters. The number of fused-ring (bicyclic) bond motifs is 1. The van der Waals surface area contributed by atoms with Crippen LogP contribution in [0.3, 0.4) is 0 Å². The predicted molar refractivity (Wildman–Crippen MR) is 136 cm³/mol. The fraction of sp³-hybridized carbons (Fsp3) is 0.143. The van der Waals surface area contributed by atoms with E-state index in [0.717, 1.165) is 12.1 Å². The van der Waals surface area contributed by atoms with Crippen molar-refractivity contribution in [3.63, 3.8) is 0 Å². The minimum absolute atomic E-state index is 0.241. The summed E-state index contributed by atoms with van der Waals surface area (Å²) in [6.45, 7) is 0. The smallest absolute Gasteiger partial charge is 0.374 e. The Hall–Kier alpha value is -3.88. The third kappa shape index (κ3) is 4.22. The molecular weight excluding hydrogens is 503 g/mol. The molecule has 0 aliphatic rings. The molecule has 188 valence electrons. The molecule has 2 aromatic heterocycles. The molecule has 0 saturated heterocycles. The molecule has 0 spiro atoms. The molecule has 0 bridgehead atoms. The van der Waals surface area contributed by atoms with E-state index in [0.29, 0.717) is 38.3 Å². The number of aryl methyl sites for hydroxylation is 2. The summed E-state index contributed by atoms with van der Waals surface area (Å²) < 4.78 is 43.5. The van der Waals surface area contributed by atoms with Crippen LogP contribution in [0.5, 0.6) is 0 Å². The minimum atomic E-state index is -4.54. The zero-order valence-electron chi connectivity index (χ0n) is 19.8. The van der Waals surface area contributed by atoms with E-state index in [1.807, 2.05) is 0 Å². The van der Waals surface area contributed by atoms with Crippen molar-refractivity contribution in [3.8, 4) is 11.1 Å². The van der Waals surface area contributed by atoms with E-state index in [2.05, 4.69) is 4.98 Å². The third-order valence-electron chi connectivity index (χ3n) is 6.61. The van der Waals surface area contributed by atoms with Crippen LogP contribution < -0.4 is 5.56 Å². The average Bonchev–Trinajstić information content (AvgIpc) is 3.31. The Morgan fingerprint density at radius 2 is 1.59 bits per heavy atom. The largest absolute Gasteiger partial charge is 0.416 e. The minimum Gasteiger partial charge on any atom is -0.374 e. The van der Waals surface area contributed by atoms with Gasteiger partial charge < -0.3 is 14.2 Å². The summed E-state index contributed by atoms with van der Waals surface area (Å²) >= 11 is 6.10. The summed E-state index contributed by atoms with van der Waals surface area (Å²) in [7, 11) is 3.34. The molecule has 0 radical (unpaired) electrons. The van der Waals surface area contributed by atoms with Gasteiger partial charge in [0.15, 0.2) is 5.60 Å². The fourth-order valence-corrected chi connectivity index (χ4v) is 4.77. The first-order valence-electron chi connectivity index (χ1n) is 11.3. The Bertz CT molecular complexity index is 1690. The molecule has 1 N–H and O–H groups in total. The molecule has 0 aliphatic heterocycles. The first kappa shape index (κ1) is 24.8. The number of nitrogens with zero attached hydrogens (tertiary/aromatic N) is 3. The average molecular weight is 524 g/mol. The van der Waals surface area contributed by atoms with Crippen molar-refractivity contribution < 1.29 is 18.3 Å². The number of pyridine rings is 1. The highest BCUT2D eigenvalue weighted by Crippen LogP contribution is 2.40. The maximum absolute atomic E-state index is 13.5. The van der Waals surface area contributed by atoms with Crippen LogP contribution in [0.15, 0.2) is 90.1 Å². The molecule has 5 nitrogen and oxygen atoms in total. The molecule has 0 aliphatic carbocycles. The maximum Gasteiger partial charge on any atom is 0.416 e. The number of hydrogen-bond acceptors (Lipinski definition) is 3. The molecule has 3 aromatic carbocycles. The molecule has 0 saturated carbocycles. The lowest BCUT2D eigenvalue weighted by Crippen LogP contribution is -2.31. The monoisotopic (exact) mass is 523 g/mol. The van der Waals surface area contributed by atoms with Gasteiger partial charge in [0.25, 0.3) is 5.56 Å². The van der Waals surface area contributed by atoms with Gasteiger partial charge in [0.1, 0.15) is 0 Å². The van der Waals surface area contributed by atoms with Crippen LogP contribution in [-0.4, -0.2) is 19.2 Å². The number of benzene rings is 3. The van der Waals surface area contributed by atoms with Crippen molar-refractivity contribution in [3.05, 3.63) is 123 Å². The zero-order chi connectivity index (χ0) is 26.5. The number of halogens is 4. The molecule has 5 rings (SSSR count). The van der Waals surface area contributed by atoms with Gasteiger partial charge in [0.2, 0.25) is 0 Å².